The summed E-state index contributed by atoms with van der Waals surface area (Å²) in [5, 5.41) is 0. The minimum atomic E-state index is -4.07. The molecule has 0 radical (unpaired) electrons. The van der Waals surface area contributed by atoms with Crippen molar-refractivity contribution in [3.63, 3.8) is 0 Å². The van der Waals surface area contributed by atoms with Gasteiger partial charge >= 0.3 is 6.18 Å². The molecule has 1 saturated heterocycles. The van der Waals surface area contributed by atoms with E-state index >= 15 is 0 Å². The minimum absolute atomic E-state index is 0.143. The van der Waals surface area contributed by atoms with Gasteiger partial charge in [0.05, 0.1) is 5.92 Å². The van der Waals surface area contributed by atoms with Gasteiger partial charge in [0.1, 0.15) is 5.82 Å². The number of hydrogen-bond acceptors (Lipinski definition) is 3. The van der Waals surface area contributed by atoms with Crippen LogP contribution in [0.1, 0.15) is 18.4 Å². The van der Waals surface area contributed by atoms with E-state index in [0.29, 0.717) is 19.6 Å². The van der Waals surface area contributed by atoms with E-state index in [0.717, 1.165) is 11.4 Å². The number of pyridine rings is 1. The van der Waals surface area contributed by atoms with Crippen LogP contribution in [-0.2, 0) is 6.54 Å². The summed E-state index contributed by atoms with van der Waals surface area (Å²) in [6, 6.07) is 3.67. The van der Waals surface area contributed by atoms with Crippen LogP contribution in [0.2, 0.25) is 0 Å². The third-order valence-corrected chi connectivity index (χ3v) is 3.33. The number of alkyl halides is 3. The Labute approximate surface area is 104 Å². The molecule has 0 spiro atoms. The van der Waals surface area contributed by atoms with Gasteiger partial charge in [-0.05, 0) is 24.5 Å². The van der Waals surface area contributed by atoms with Crippen LogP contribution in [0.4, 0.5) is 19.0 Å². The zero-order valence-corrected chi connectivity index (χ0v) is 9.95. The van der Waals surface area contributed by atoms with E-state index in [1.165, 1.54) is 0 Å². The number of anilines is 1. The number of hydrogen-bond donors (Lipinski definition) is 1. The van der Waals surface area contributed by atoms with Crippen molar-refractivity contribution in [1.29, 1.82) is 0 Å². The molecule has 100 valence electrons. The van der Waals surface area contributed by atoms with E-state index in [2.05, 4.69) is 4.98 Å². The van der Waals surface area contributed by atoms with Gasteiger partial charge in [0.25, 0.3) is 0 Å². The average Bonchev–Trinajstić information content (AvgIpc) is 2.38. The second kappa shape index (κ2) is 5.14. The van der Waals surface area contributed by atoms with E-state index in [-0.39, 0.29) is 12.8 Å². The van der Waals surface area contributed by atoms with Crippen molar-refractivity contribution in [2.24, 2.45) is 11.7 Å². The Hall–Kier alpha value is -1.30. The molecule has 18 heavy (non-hydrogen) atoms. The molecule has 0 amide bonds. The predicted octanol–water partition coefficient (Wildman–Crippen LogP) is 2.32. The van der Waals surface area contributed by atoms with Crippen molar-refractivity contribution >= 4 is 5.82 Å². The van der Waals surface area contributed by atoms with Crippen LogP contribution in [0.15, 0.2) is 18.3 Å². The highest BCUT2D eigenvalue weighted by Gasteiger charge is 2.41. The van der Waals surface area contributed by atoms with Crippen LogP contribution in [0.5, 0.6) is 0 Å². The van der Waals surface area contributed by atoms with Crippen molar-refractivity contribution in [3.8, 4) is 0 Å². The molecule has 1 fully saturated rings. The Morgan fingerprint density at radius 2 is 1.94 bits per heavy atom. The maximum atomic E-state index is 12.5. The summed E-state index contributed by atoms with van der Waals surface area (Å²) in [5.41, 5.74) is 6.39. The van der Waals surface area contributed by atoms with Crippen LogP contribution in [0.3, 0.4) is 0 Å². The molecule has 2 heterocycles. The Morgan fingerprint density at radius 1 is 1.28 bits per heavy atom. The van der Waals surface area contributed by atoms with E-state index in [1.807, 2.05) is 17.0 Å². The van der Waals surface area contributed by atoms with E-state index in [9.17, 15) is 13.2 Å². The van der Waals surface area contributed by atoms with Crippen LogP contribution in [0, 0.1) is 5.92 Å². The lowest BCUT2D eigenvalue weighted by Gasteiger charge is -2.33. The maximum absolute atomic E-state index is 12.5. The summed E-state index contributed by atoms with van der Waals surface area (Å²) in [7, 11) is 0. The quantitative estimate of drug-likeness (QED) is 0.886. The van der Waals surface area contributed by atoms with E-state index in [4.69, 9.17) is 5.73 Å². The largest absolute Gasteiger partial charge is 0.391 e. The normalized spacial score (nSPS) is 18.1. The standard InChI is InChI=1S/C12H16F3N3/c13-12(14,15)10-3-5-18(6-4-10)11-2-1-9(7-16)8-17-11/h1-2,8,10H,3-7,16H2. The first kappa shape index (κ1) is 13.1. The fourth-order valence-electron chi connectivity index (χ4n) is 2.16. The van der Waals surface area contributed by atoms with Gasteiger partial charge in [-0.2, -0.15) is 13.2 Å². The summed E-state index contributed by atoms with van der Waals surface area (Å²) >= 11 is 0. The molecule has 3 nitrogen and oxygen atoms in total. The second-order valence-corrected chi connectivity index (χ2v) is 4.53. The first-order valence-corrected chi connectivity index (χ1v) is 5.97. The van der Waals surface area contributed by atoms with Crippen molar-refractivity contribution < 1.29 is 13.2 Å². The topological polar surface area (TPSA) is 42.1 Å². The van der Waals surface area contributed by atoms with Gasteiger partial charge in [0, 0.05) is 25.8 Å². The SMILES string of the molecule is NCc1ccc(N2CCC(C(F)(F)F)CC2)nc1. The molecule has 1 aliphatic heterocycles. The first-order chi connectivity index (χ1) is 8.50. The third-order valence-electron chi connectivity index (χ3n) is 3.33. The summed E-state index contributed by atoms with van der Waals surface area (Å²) < 4.78 is 37.6. The molecule has 1 aromatic heterocycles. The van der Waals surface area contributed by atoms with Gasteiger partial charge in [0.2, 0.25) is 0 Å². The molecule has 2 N–H and O–H groups in total. The third kappa shape index (κ3) is 2.93. The monoisotopic (exact) mass is 259 g/mol. The lowest BCUT2D eigenvalue weighted by atomic mass is 9.96. The minimum Gasteiger partial charge on any atom is -0.357 e. The van der Waals surface area contributed by atoms with Crippen LogP contribution in [-0.4, -0.2) is 24.2 Å². The number of nitrogens with zero attached hydrogens (tertiary/aromatic N) is 2. The molecule has 0 aliphatic carbocycles. The predicted molar refractivity (Wildman–Crippen MR) is 63.1 cm³/mol. The average molecular weight is 259 g/mol. The smallest absolute Gasteiger partial charge is 0.357 e. The highest BCUT2D eigenvalue weighted by molar-refractivity contribution is 5.39. The number of rotatable bonds is 2. The molecule has 6 heteroatoms. The molecule has 0 aromatic carbocycles. The molecule has 0 unspecified atom stereocenters. The first-order valence-electron chi connectivity index (χ1n) is 5.97. The molecular weight excluding hydrogens is 243 g/mol. The van der Waals surface area contributed by atoms with Gasteiger partial charge < -0.3 is 10.6 Å². The Morgan fingerprint density at radius 3 is 2.39 bits per heavy atom. The summed E-state index contributed by atoms with van der Waals surface area (Å²) in [6.07, 6.45) is -2.11. The van der Waals surface area contributed by atoms with Gasteiger partial charge in [-0.1, -0.05) is 6.07 Å². The number of piperidine rings is 1. The van der Waals surface area contributed by atoms with E-state index in [1.54, 1.807) is 6.20 Å². The lowest BCUT2D eigenvalue weighted by Crippen LogP contribution is -2.39. The second-order valence-electron chi connectivity index (χ2n) is 4.53. The van der Waals surface area contributed by atoms with E-state index < -0.39 is 12.1 Å². The van der Waals surface area contributed by atoms with Gasteiger partial charge in [-0.3, -0.25) is 0 Å². The van der Waals surface area contributed by atoms with Gasteiger partial charge in [0.15, 0.2) is 0 Å². The molecular formula is C12H16F3N3. The lowest BCUT2D eigenvalue weighted by molar-refractivity contribution is -0.179. The molecule has 1 aliphatic rings. The summed E-state index contributed by atoms with van der Waals surface area (Å²) in [6.45, 7) is 1.22. The highest BCUT2D eigenvalue weighted by Crippen LogP contribution is 2.34. The molecule has 0 bridgehead atoms. The fourth-order valence-corrected chi connectivity index (χ4v) is 2.16. The van der Waals surface area contributed by atoms with Gasteiger partial charge in [-0.25, -0.2) is 4.98 Å². The van der Waals surface area contributed by atoms with Crippen molar-refractivity contribution in [1.82, 2.24) is 4.98 Å². The zero-order valence-electron chi connectivity index (χ0n) is 9.95. The number of nitrogens with two attached hydrogens (primary N) is 1. The number of aromatic nitrogens is 1. The Bertz CT molecular complexity index is 381. The van der Waals surface area contributed by atoms with Crippen molar-refractivity contribution in [2.45, 2.75) is 25.6 Å². The highest BCUT2D eigenvalue weighted by atomic mass is 19.4. The molecule has 0 saturated carbocycles. The van der Waals surface area contributed by atoms with Crippen molar-refractivity contribution in [2.75, 3.05) is 18.0 Å². The van der Waals surface area contributed by atoms with Crippen LogP contribution >= 0.6 is 0 Å². The van der Waals surface area contributed by atoms with Crippen LogP contribution in [0.25, 0.3) is 0 Å². The summed E-state index contributed by atoms with van der Waals surface area (Å²) in [5.74, 6) is -0.440. The summed E-state index contributed by atoms with van der Waals surface area (Å²) in [4.78, 5) is 6.12. The molecule has 2 rings (SSSR count). The Kier molecular flexibility index (Phi) is 3.75. The molecule has 0 atom stereocenters. The van der Waals surface area contributed by atoms with Crippen molar-refractivity contribution in [3.05, 3.63) is 23.9 Å². The zero-order chi connectivity index (χ0) is 13.2. The number of halogens is 3. The maximum Gasteiger partial charge on any atom is 0.391 e. The Balaban J connectivity index is 1.96. The fraction of sp³-hybridized carbons (Fsp3) is 0.583. The van der Waals surface area contributed by atoms with Gasteiger partial charge in [-0.15, -0.1) is 0 Å². The van der Waals surface area contributed by atoms with Crippen LogP contribution < -0.4 is 10.6 Å². The molecule has 1 aromatic rings.